The van der Waals surface area contributed by atoms with Gasteiger partial charge in [-0.05, 0) is 17.5 Å². The molecule has 9 nitrogen and oxygen atoms in total. The Bertz CT molecular complexity index is 813. The highest BCUT2D eigenvalue weighted by atomic mass is 32.2. The topological polar surface area (TPSA) is 110 Å². The first-order valence-electron chi connectivity index (χ1n) is 7.56. The normalized spacial score (nSPS) is 18.9. The lowest BCUT2D eigenvalue weighted by atomic mass is 9.87. The molecule has 138 valence electrons. The number of nitrogens with zero attached hydrogens (tertiary/aromatic N) is 3. The summed E-state index contributed by atoms with van der Waals surface area (Å²) in [7, 11) is -1.18. The van der Waals surface area contributed by atoms with Crippen molar-refractivity contribution in [2.24, 2.45) is 5.41 Å². The fourth-order valence-corrected chi connectivity index (χ4v) is 3.23. The smallest absolute Gasteiger partial charge is 0.272 e. The zero-order chi connectivity index (χ0) is 19.2. The number of anilines is 1. The van der Waals surface area contributed by atoms with Crippen LogP contribution >= 0.6 is 0 Å². The van der Waals surface area contributed by atoms with Crippen molar-refractivity contribution in [3.8, 4) is 0 Å². The Kier molecular flexibility index (Phi) is 4.90. The van der Waals surface area contributed by atoms with Gasteiger partial charge in [-0.25, -0.2) is 12.7 Å². The van der Waals surface area contributed by atoms with Crippen LogP contribution in [-0.4, -0.2) is 43.8 Å². The SMILES string of the molecule is CN(C)S(=O)(=O)c1ccc(N2OC(C(C)(C)C)CC2=O)c([N+](=O)[O-])c1. The average molecular weight is 371 g/mol. The van der Waals surface area contributed by atoms with Gasteiger partial charge in [0.1, 0.15) is 0 Å². The van der Waals surface area contributed by atoms with Crippen molar-refractivity contribution in [1.82, 2.24) is 4.31 Å². The third-order valence-electron chi connectivity index (χ3n) is 3.93. The molecule has 0 aromatic heterocycles. The lowest BCUT2D eigenvalue weighted by Gasteiger charge is -2.25. The molecule has 2 rings (SSSR count). The number of nitro benzene ring substituents is 1. The highest BCUT2D eigenvalue weighted by Gasteiger charge is 2.41. The molecule has 0 spiro atoms. The Labute approximate surface area is 146 Å². The molecular formula is C15H21N3O6S. The van der Waals surface area contributed by atoms with Crippen LogP contribution in [0.15, 0.2) is 23.1 Å². The van der Waals surface area contributed by atoms with Gasteiger partial charge in [0.25, 0.3) is 11.6 Å². The molecule has 10 heteroatoms. The highest BCUT2D eigenvalue weighted by molar-refractivity contribution is 7.89. The van der Waals surface area contributed by atoms with E-state index < -0.39 is 32.6 Å². The Balaban J connectivity index is 2.50. The second kappa shape index (κ2) is 6.36. The van der Waals surface area contributed by atoms with Gasteiger partial charge in [-0.15, -0.1) is 0 Å². The van der Waals surface area contributed by atoms with Crippen molar-refractivity contribution in [3.63, 3.8) is 0 Å². The standard InChI is InChI=1S/C15H21N3O6S/c1-15(2,3)13-9-14(19)17(24-13)11-7-6-10(8-12(11)18(20)21)25(22,23)16(4)5/h6-8,13H,9H2,1-5H3. The van der Waals surface area contributed by atoms with E-state index in [2.05, 4.69) is 0 Å². The molecule has 1 fully saturated rings. The summed E-state index contributed by atoms with van der Waals surface area (Å²) in [5.74, 6) is -0.411. The fraction of sp³-hybridized carbons (Fsp3) is 0.533. The van der Waals surface area contributed by atoms with E-state index >= 15 is 0 Å². The van der Waals surface area contributed by atoms with E-state index in [9.17, 15) is 23.3 Å². The molecule has 1 heterocycles. The zero-order valence-corrected chi connectivity index (χ0v) is 15.5. The summed E-state index contributed by atoms with van der Waals surface area (Å²) in [6, 6.07) is 3.38. The molecule has 0 aliphatic carbocycles. The number of nitro groups is 1. The highest BCUT2D eigenvalue weighted by Crippen LogP contribution is 2.38. The summed E-state index contributed by atoms with van der Waals surface area (Å²) >= 11 is 0. The van der Waals surface area contributed by atoms with Crippen LogP contribution in [0.2, 0.25) is 0 Å². The maximum atomic E-state index is 12.2. The Morgan fingerprint density at radius 3 is 2.36 bits per heavy atom. The van der Waals surface area contributed by atoms with Crippen molar-refractivity contribution >= 4 is 27.3 Å². The number of carbonyl (C=O) groups is 1. The molecular weight excluding hydrogens is 350 g/mol. The van der Waals surface area contributed by atoms with Crippen LogP contribution in [0.1, 0.15) is 27.2 Å². The molecule has 25 heavy (non-hydrogen) atoms. The van der Waals surface area contributed by atoms with Crippen LogP contribution in [0.3, 0.4) is 0 Å². The van der Waals surface area contributed by atoms with E-state index in [-0.39, 0.29) is 22.4 Å². The third kappa shape index (κ3) is 3.65. The van der Waals surface area contributed by atoms with Crippen LogP contribution in [0, 0.1) is 15.5 Å². The lowest BCUT2D eigenvalue weighted by molar-refractivity contribution is -0.384. The zero-order valence-electron chi connectivity index (χ0n) is 14.7. The Morgan fingerprint density at radius 2 is 1.92 bits per heavy atom. The maximum absolute atomic E-state index is 12.2. The fourth-order valence-electron chi connectivity index (χ4n) is 2.31. The lowest BCUT2D eigenvalue weighted by Crippen LogP contribution is -2.29. The van der Waals surface area contributed by atoms with Crippen LogP contribution in [0.4, 0.5) is 11.4 Å². The van der Waals surface area contributed by atoms with Gasteiger partial charge in [-0.1, -0.05) is 20.8 Å². The number of hydrogen-bond donors (Lipinski definition) is 0. The number of hydrogen-bond acceptors (Lipinski definition) is 6. The summed E-state index contributed by atoms with van der Waals surface area (Å²) in [6.45, 7) is 5.70. The van der Waals surface area contributed by atoms with Crippen LogP contribution in [0.5, 0.6) is 0 Å². The molecule has 1 atom stereocenters. The van der Waals surface area contributed by atoms with Crippen molar-refractivity contribution in [3.05, 3.63) is 28.3 Å². The van der Waals surface area contributed by atoms with E-state index in [4.69, 9.17) is 4.84 Å². The molecule has 1 amide bonds. The average Bonchev–Trinajstić information content (AvgIpc) is 2.88. The Morgan fingerprint density at radius 1 is 1.32 bits per heavy atom. The van der Waals surface area contributed by atoms with E-state index in [1.54, 1.807) is 0 Å². The number of sulfonamides is 1. The summed E-state index contributed by atoms with van der Waals surface area (Å²) < 4.78 is 25.3. The largest absolute Gasteiger partial charge is 0.296 e. The number of rotatable bonds is 4. The molecule has 0 bridgehead atoms. The minimum absolute atomic E-state index is 0.0838. The van der Waals surface area contributed by atoms with E-state index in [0.29, 0.717) is 0 Å². The van der Waals surface area contributed by atoms with Crippen molar-refractivity contribution in [1.29, 1.82) is 0 Å². The summed E-state index contributed by atoms with van der Waals surface area (Å²) in [6.07, 6.45) is -0.330. The number of hydroxylamine groups is 1. The van der Waals surface area contributed by atoms with E-state index in [1.165, 1.54) is 26.2 Å². The van der Waals surface area contributed by atoms with Gasteiger partial charge in [-0.2, -0.15) is 5.06 Å². The predicted molar refractivity (Wildman–Crippen MR) is 90.4 cm³/mol. The van der Waals surface area contributed by atoms with Gasteiger partial charge in [0.15, 0.2) is 5.69 Å². The molecule has 0 N–H and O–H groups in total. The Hall–Kier alpha value is -2.04. The molecule has 1 saturated heterocycles. The van der Waals surface area contributed by atoms with Crippen molar-refractivity contribution in [2.75, 3.05) is 19.2 Å². The van der Waals surface area contributed by atoms with Gasteiger partial charge in [0, 0.05) is 20.2 Å². The van der Waals surface area contributed by atoms with Crippen LogP contribution < -0.4 is 5.06 Å². The molecule has 1 aliphatic rings. The summed E-state index contributed by atoms with van der Waals surface area (Å²) in [5, 5.41) is 12.3. The first-order valence-corrected chi connectivity index (χ1v) is 9.00. The van der Waals surface area contributed by atoms with Crippen molar-refractivity contribution in [2.45, 2.75) is 38.2 Å². The molecule has 0 saturated carbocycles. The summed E-state index contributed by atoms with van der Waals surface area (Å²) in [5.41, 5.74) is -0.918. The number of amides is 1. The van der Waals surface area contributed by atoms with Gasteiger partial charge < -0.3 is 0 Å². The quantitative estimate of drug-likeness (QED) is 0.591. The number of benzene rings is 1. The second-order valence-corrected chi connectivity index (χ2v) is 9.20. The summed E-state index contributed by atoms with van der Waals surface area (Å²) in [4.78, 5) is 28.3. The number of carbonyl (C=O) groups excluding carboxylic acids is 1. The van der Waals surface area contributed by atoms with Gasteiger partial charge in [-0.3, -0.25) is 19.7 Å². The van der Waals surface area contributed by atoms with Crippen LogP contribution in [0.25, 0.3) is 0 Å². The first-order chi connectivity index (χ1) is 11.4. The first kappa shape index (κ1) is 19.3. The van der Waals surface area contributed by atoms with Gasteiger partial charge in [0.05, 0.1) is 22.3 Å². The van der Waals surface area contributed by atoms with Crippen molar-refractivity contribution < 1.29 is 23.0 Å². The molecule has 0 radical (unpaired) electrons. The minimum Gasteiger partial charge on any atom is -0.272 e. The van der Waals surface area contributed by atoms with Gasteiger partial charge in [0.2, 0.25) is 10.0 Å². The minimum atomic E-state index is -3.84. The molecule has 1 aliphatic heterocycles. The van der Waals surface area contributed by atoms with E-state index in [1.807, 2.05) is 20.8 Å². The second-order valence-electron chi connectivity index (χ2n) is 7.05. The van der Waals surface area contributed by atoms with Crippen LogP contribution in [-0.2, 0) is 19.7 Å². The molecule has 1 aromatic rings. The van der Waals surface area contributed by atoms with Gasteiger partial charge >= 0.3 is 0 Å². The molecule has 1 unspecified atom stereocenters. The monoisotopic (exact) mass is 371 g/mol. The van der Waals surface area contributed by atoms with E-state index in [0.717, 1.165) is 15.4 Å². The molecule has 1 aromatic carbocycles. The third-order valence-corrected chi connectivity index (χ3v) is 5.74. The maximum Gasteiger partial charge on any atom is 0.296 e. The predicted octanol–water partition coefficient (Wildman–Crippen LogP) is 1.93.